The van der Waals surface area contributed by atoms with Crippen molar-refractivity contribution in [3.05, 3.63) is 35.6 Å². The van der Waals surface area contributed by atoms with Gasteiger partial charge >= 0.3 is 5.97 Å². The molecule has 2 heterocycles. The van der Waals surface area contributed by atoms with E-state index in [-0.39, 0.29) is 12.3 Å². The molecule has 0 aliphatic rings. The van der Waals surface area contributed by atoms with E-state index in [1.165, 1.54) is 11.3 Å². The van der Waals surface area contributed by atoms with Crippen LogP contribution in [0, 0.1) is 0 Å². The van der Waals surface area contributed by atoms with Crippen molar-refractivity contribution in [2.45, 2.75) is 38.6 Å². The second-order valence-corrected chi connectivity index (χ2v) is 6.02. The number of carbonyl (C=O) groups excluding carboxylic acids is 1. The molecule has 0 bridgehead atoms. The summed E-state index contributed by atoms with van der Waals surface area (Å²) < 4.78 is 0. The normalized spacial score (nSPS) is 11.9. The van der Waals surface area contributed by atoms with Crippen LogP contribution >= 0.6 is 11.3 Å². The molecule has 2 rings (SSSR count). The Morgan fingerprint density at radius 2 is 2.09 bits per heavy atom. The molecule has 0 saturated carbocycles. The minimum Gasteiger partial charge on any atom is -0.480 e. The van der Waals surface area contributed by atoms with Crippen LogP contribution in [-0.4, -0.2) is 33.0 Å². The van der Waals surface area contributed by atoms with E-state index in [1.54, 1.807) is 12.4 Å². The van der Waals surface area contributed by atoms with E-state index in [2.05, 4.69) is 15.3 Å². The van der Waals surface area contributed by atoms with Crippen molar-refractivity contribution >= 4 is 23.2 Å². The highest BCUT2D eigenvalue weighted by Gasteiger charge is 2.19. The van der Waals surface area contributed by atoms with Gasteiger partial charge in [0, 0.05) is 23.3 Å². The molecule has 6 nitrogen and oxygen atoms in total. The maximum absolute atomic E-state index is 12.0. The Labute approximate surface area is 138 Å². The molecule has 7 heteroatoms. The van der Waals surface area contributed by atoms with E-state index in [0.717, 1.165) is 23.4 Å². The van der Waals surface area contributed by atoms with Crippen molar-refractivity contribution in [3.8, 4) is 10.6 Å². The number of unbranched alkanes of at least 4 members (excludes halogenated alkanes) is 1. The van der Waals surface area contributed by atoms with Gasteiger partial charge in [-0.05, 0) is 18.6 Å². The molecule has 0 aromatic carbocycles. The summed E-state index contributed by atoms with van der Waals surface area (Å²) in [6.07, 6.45) is 5.55. The maximum Gasteiger partial charge on any atom is 0.326 e. The molecule has 1 atom stereocenters. The molecular formula is C16H19N3O3S. The van der Waals surface area contributed by atoms with Crippen LogP contribution in [0.1, 0.15) is 31.9 Å². The number of aliphatic carboxylic acids is 1. The number of hydrogen-bond acceptors (Lipinski definition) is 5. The number of aromatic nitrogens is 2. The van der Waals surface area contributed by atoms with Crippen molar-refractivity contribution < 1.29 is 14.7 Å². The molecule has 0 aliphatic heterocycles. The van der Waals surface area contributed by atoms with Gasteiger partial charge in [-0.1, -0.05) is 19.8 Å². The van der Waals surface area contributed by atoms with Gasteiger partial charge in [0.25, 0.3) is 0 Å². The standard InChI is InChI=1S/C16H19N3O3S/c1-2-3-4-13(16(21)22)19-14(20)9-12-10-23-15(18-12)11-5-7-17-8-6-11/h5-8,10,13H,2-4,9H2,1H3,(H,19,20)(H,21,22). The van der Waals surface area contributed by atoms with E-state index in [1.807, 2.05) is 24.4 Å². The van der Waals surface area contributed by atoms with Gasteiger partial charge in [-0.3, -0.25) is 9.78 Å². The summed E-state index contributed by atoms with van der Waals surface area (Å²) in [7, 11) is 0. The lowest BCUT2D eigenvalue weighted by Gasteiger charge is -2.13. The number of nitrogens with one attached hydrogen (secondary N) is 1. The number of carboxylic acids is 1. The average molecular weight is 333 g/mol. The number of thiazole rings is 1. The highest BCUT2D eigenvalue weighted by Crippen LogP contribution is 2.23. The van der Waals surface area contributed by atoms with Crippen LogP contribution in [0.5, 0.6) is 0 Å². The highest BCUT2D eigenvalue weighted by molar-refractivity contribution is 7.13. The average Bonchev–Trinajstić information content (AvgIpc) is 3.00. The van der Waals surface area contributed by atoms with Gasteiger partial charge in [-0.25, -0.2) is 9.78 Å². The van der Waals surface area contributed by atoms with E-state index >= 15 is 0 Å². The highest BCUT2D eigenvalue weighted by atomic mass is 32.1. The molecular weight excluding hydrogens is 314 g/mol. The first-order chi connectivity index (χ1) is 11.1. The third-order valence-electron chi connectivity index (χ3n) is 3.30. The Bertz CT molecular complexity index is 658. The molecule has 0 fully saturated rings. The third-order valence-corrected chi connectivity index (χ3v) is 4.24. The minimum absolute atomic E-state index is 0.0808. The Morgan fingerprint density at radius 3 is 2.74 bits per heavy atom. The van der Waals surface area contributed by atoms with E-state index in [4.69, 9.17) is 5.11 Å². The summed E-state index contributed by atoms with van der Waals surface area (Å²) in [5, 5.41) is 14.3. The number of hydrogen-bond donors (Lipinski definition) is 2. The molecule has 122 valence electrons. The smallest absolute Gasteiger partial charge is 0.326 e. The Kier molecular flexibility index (Phi) is 6.22. The zero-order chi connectivity index (χ0) is 16.7. The summed E-state index contributed by atoms with van der Waals surface area (Å²) in [6, 6.07) is 2.88. The number of carboxylic acid groups (broad SMARTS) is 1. The van der Waals surface area contributed by atoms with Gasteiger partial charge in [0.15, 0.2) is 0 Å². The molecule has 2 aromatic heterocycles. The van der Waals surface area contributed by atoms with Crippen LogP contribution in [0.2, 0.25) is 0 Å². The molecule has 1 unspecified atom stereocenters. The van der Waals surface area contributed by atoms with Crippen molar-refractivity contribution in [1.29, 1.82) is 0 Å². The lowest BCUT2D eigenvalue weighted by molar-refractivity contribution is -0.142. The number of nitrogens with zero attached hydrogens (tertiary/aromatic N) is 2. The lowest BCUT2D eigenvalue weighted by Crippen LogP contribution is -2.41. The van der Waals surface area contributed by atoms with Crippen LogP contribution in [-0.2, 0) is 16.0 Å². The summed E-state index contributed by atoms with van der Waals surface area (Å²) in [4.78, 5) is 31.5. The Balaban J connectivity index is 1.95. The Morgan fingerprint density at radius 1 is 1.35 bits per heavy atom. The molecule has 1 amide bonds. The first kappa shape index (κ1) is 17.1. The topological polar surface area (TPSA) is 92.2 Å². The predicted octanol–water partition coefficient (Wildman–Crippen LogP) is 2.51. The molecule has 23 heavy (non-hydrogen) atoms. The predicted molar refractivity (Wildman–Crippen MR) is 88.1 cm³/mol. The summed E-state index contributed by atoms with van der Waals surface area (Å²) in [5.41, 5.74) is 1.59. The molecule has 0 spiro atoms. The summed E-state index contributed by atoms with van der Waals surface area (Å²) in [5.74, 6) is -1.32. The van der Waals surface area contributed by atoms with Gasteiger partial charge < -0.3 is 10.4 Å². The fourth-order valence-electron chi connectivity index (χ4n) is 2.09. The molecule has 0 aliphatic carbocycles. The molecule has 0 radical (unpaired) electrons. The van der Waals surface area contributed by atoms with Crippen LogP contribution < -0.4 is 5.32 Å². The second kappa shape index (κ2) is 8.38. The van der Waals surface area contributed by atoms with E-state index < -0.39 is 12.0 Å². The number of amides is 1. The Hall–Kier alpha value is -2.28. The summed E-state index contributed by atoms with van der Waals surface area (Å²) in [6.45, 7) is 1.98. The summed E-state index contributed by atoms with van der Waals surface area (Å²) >= 11 is 1.45. The zero-order valence-electron chi connectivity index (χ0n) is 12.9. The lowest BCUT2D eigenvalue weighted by atomic mass is 10.1. The van der Waals surface area contributed by atoms with Crippen molar-refractivity contribution in [1.82, 2.24) is 15.3 Å². The zero-order valence-corrected chi connectivity index (χ0v) is 13.7. The second-order valence-electron chi connectivity index (χ2n) is 5.16. The van der Waals surface area contributed by atoms with Gasteiger partial charge in [-0.2, -0.15) is 0 Å². The minimum atomic E-state index is -0.998. The van der Waals surface area contributed by atoms with Crippen LogP contribution in [0.3, 0.4) is 0 Å². The van der Waals surface area contributed by atoms with Crippen molar-refractivity contribution in [2.24, 2.45) is 0 Å². The number of rotatable bonds is 8. The van der Waals surface area contributed by atoms with E-state index in [0.29, 0.717) is 12.1 Å². The van der Waals surface area contributed by atoms with Gasteiger partial charge in [-0.15, -0.1) is 11.3 Å². The maximum atomic E-state index is 12.0. The van der Waals surface area contributed by atoms with Gasteiger partial charge in [0.2, 0.25) is 5.91 Å². The first-order valence-electron chi connectivity index (χ1n) is 7.47. The van der Waals surface area contributed by atoms with Crippen LogP contribution in [0.4, 0.5) is 0 Å². The fraction of sp³-hybridized carbons (Fsp3) is 0.375. The molecule has 2 aromatic rings. The van der Waals surface area contributed by atoms with Gasteiger partial charge in [0.05, 0.1) is 12.1 Å². The SMILES string of the molecule is CCCCC(NC(=O)Cc1csc(-c2ccncc2)n1)C(=O)O. The molecule has 2 N–H and O–H groups in total. The molecule has 0 saturated heterocycles. The van der Waals surface area contributed by atoms with Gasteiger partial charge in [0.1, 0.15) is 11.0 Å². The van der Waals surface area contributed by atoms with Crippen LogP contribution in [0.25, 0.3) is 10.6 Å². The number of carbonyl (C=O) groups is 2. The van der Waals surface area contributed by atoms with Crippen LogP contribution in [0.15, 0.2) is 29.9 Å². The van der Waals surface area contributed by atoms with Crippen molar-refractivity contribution in [3.63, 3.8) is 0 Å². The quantitative estimate of drug-likeness (QED) is 0.774. The number of pyridine rings is 1. The third kappa shape index (κ3) is 5.14. The van der Waals surface area contributed by atoms with Crippen molar-refractivity contribution in [2.75, 3.05) is 0 Å². The first-order valence-corrected chi connectivity index (χ1v) is 8.35. The van der Waals surface area contributed by atoms with E-state index in [9.17, 15) is 9.59 Å². The fourth-order valence-corrected chi connectivity index (χ4v) is 2.92. The largest absolute Gasteiger partial charge is 0.480 e. The monoisotopic (exact) mass is 333 g/mol.